The number of phenolic OH excluding ortho intramolecular Hbond substituents is 1. The molecule has 32 heavy (non-hydrogen) atoms. The van der Waals surface area contributed by atoms with Crippen LogP contribution < -0.4 is 4.74 Å². The van der Waals surface area contributed by atoms with Gasteiger partial charge in [0.2, 0.25) is 0 Å². The van der Waals surface area contributed by atoms with Crippen LogP contribution in [0.2, 0.25) is 0 Å². The molecule has 7 heteroatoms. The molecular formula is C25H32N2O5. The number of aromatic hydroxyl groups is 1. The highest BCUT2D eigenvalue weighted by Crippen LogP contribution is 2.72. The molecule has 5 aliphatic rings. The summed E-state index contributed by atoms with van der Waals surface area (Å²) in [6.07, 6.45) is 7.20. The molecule has 0 radical (unpaired) electrons. The highest BCUT2D eigenvalue weighted by molar-refractivity contribution is 5.69. The molecule has 2 spiro atoms. The van der Waals surface area contributed by atoms with Gasteiger partial charge in [0.1, 0.15) is 5.76 Å². The van der Waals surface area contributed by atoms with E-state index in [1.54, 1.807) is 12.0 Å². The number of phenols is 1. The van der Waals surface area contributed by atoms with Gasteiger partial charge in [-0.2, -0.15) is 0 Å². The van der Waals surface area contributed by atoms with Gasteiger partial charge in [-0.05, 0) is 56.9 Å². The van der Waals surface area contributed by atoms with Crippen LogP contribution in [0.25, 0.3) is 0 Å². The normalized spacial score (nSPS) is 37.5. The lowest BCUT2D eigenvalue weighted by atomic mass is 9.59. The maximum atomic E-state index is 12.8. The molecule has 2 aliphatic heterocycles. The number of amides is 1. The lowest BCUT2D eigenvalue weighted by Gasteiger charge is -2.56. The smallest absolute Gasteiger partial charge is 0.414 e. The van der Waals surface area contributed by atoms with Crippen molar-refractivity contribution in [1.82, 2.24) is 9.80 Å². The molecule has 2 N–H and O–H groups in total. The van der Waals surface area contributed by atoms with E-state index in [1.165, 1.54) is 0 Å². The van der Waals surface area contributed by atoms with Crippen LogP contribution >= 0.6 is 0 Å². The first kappa shape index (κ1) is 20.4. The second kappa shape index (κ2) is 6.64. The maximum absolute atomic E-state index is 12.8. The third-order valence-corrected chi connectivity index (χ3v) is 8.94. The van der Waals surface area contributed by atoms with Crippen molar-refractivity contribution in [3.8, 4) is 11.5 Å². The Labute approximate surface area is 188 Å². The molecule has 4 atom stereocenters. The number of likely N-dealkylation sites (tertiary alicyclic amines) is 2. The van der Waals surface area contributed by atoms with Crippen molar-refractivity contribution in [2.45, 2.75) is 62.0 Å². The number of carbonyl (C=O) groups is 1. The fourth-order valence-corrected chi connectivity index (χ4v) is 8.01. The number of methoxy groups -OCH3 is 1. The number of ether oxygens (including phenoxy) is 2. The Balaban J connectivity index is 1.42. The van der Waals surface area contributed by atoms with Gasteiger partial charge in [0.25, 0.3) is 0 Å². The lowest BCUT2D eigenvalue weighted by molar-refractivity contribution is -0.135. The molecule has 4 unspecified atom stereocenters. The van der Waals surface area contributed by atoms with Gasteiger partial charge >= 0.3 is 6.09 Å². The van der Waals surface area contributed by atoms with Crippen LogP contribution in [0.15, 0.2) is 24.0 Å². The van der Waals surface area contributed by atoms with Crippen LogP contribution in [0.3, 0.4) is 0 Å². The minimum atomic E-state index is -1.03. The summed E-state index contributed by atoms with van der Waals surface area (Å²) >= 11 is 0. The Hall–Kier alpha value is -2.25. The topological polar surface area (TPSA) is 82.5 Å². The molecule has 0 aromatic heterocycles. The summed E-state index contributed by atoms with van der Waals surface area (Å²) in [7, 11) is 3.62. The van der Waals surface area contributed by atoms with Gasteiger partial charge in [0, 0.05) is 54.9 Å². The molecule has 172 valence electrons. The molecular weight excluding hydrogens is 408 g/mol. The zero-order valence-corrected chi connectivity index (χ0v) is 18.9. The minimum Gasteiger partial charge on any atom is -0.504 e. The predicted octanol–water partition coefficient (Wildman–Crippen LogP) is 2.93. The summed E-state index contributed by atoms with van der Waals surface area (Å²) in [6, 6.07) is 3.87. The quantitative estimate of drug-likeness (QED) is 0.736. The first-order chi connectivity index (χ1) is 15.3. The molecule has 1 aromatic carbocycles. The van der Waals surface area contributed by atoms with Crippen LogP contribution in [-0.2, 0) is 16.6 Å². The second-order valence-corrected chi connectivity index (χ2v) is 10.7. The molecule has 2 bridgehead atoms. The van der Waals surface area contributed by atoms with E-state index in [0.717, 1.165) is 62.9 Å². The van der Waals surface area contributed by atoms with Crippen molar-refractivity contribution in [3.63, 3.8) is 0 Å². The number of hydrogen-bond acceptors (Lipinski definition) is 6. The Morgan fingerprint density at radius 2 is 1.97 bits per heavy atom. The van der Waals surface area contributed by atoms with Crippen molar-refractivity contribution in [2.75, 3.05) is 33.8 Å². The van der Waals surface area contributed by atoms with Gasteiger partial charge in [0.15, 0.2) is 11.5 Å². The van der Waals surface area contributed by atoms with Crippen LogP contribution in [0.4, 0.5) is 4.79 Å². The summed E-state index contributed by atoms with van der Waals surface area (Å²) in [5.41, 5.74) is 0.105. The van der Waals surface area contributed by atoms with Crippen molar-refractivity contribution in [3.05, 3.63) is 35.1 Å². The Kier molecular flexibility index (Phi) is 4.22. The van der Waals surface area contributed by atoms with Gasteiger partial charge in [-0.1, -0.05) is 6.07 Å². The van der Waals surface area contributed by atoms with Gasteiger partial charge < -0.3 is 24.6 Å². The summed E-state index contributed by atoms with van der Waals surface area (Å²) in [6.45, 7) is 2.40. The van der Waals surface area contributed by atoms with Crippen LogP contribution in [-0.4, -0.2) is 71.5 Å². The molecule has 3 aliphatic carbocycles. The van der Waals surface area contributed by atoms with Gasteiger partial charge in [0.05, 0.1) is 12.7 Å². The number of likely N-dealkylation sites (N-methyl/N-ethyl adjacent to an activating group) is 1. The molecule has 1 amide bonds. The summed E-state index contributed by atoms with van der Waals surface area (Å²) in [4.78, 5) is 16.9. The molecule has 2 saturated heterocycles. The SMILES string of the molecule is COc1ccc2c(c1O)C13CC(OC(=O)N4CCCCC4)=CCC1(O)C1N(C)CC1(C2)C3. The van der Waals surface area contributed by atoms with Crippen LogP contribution in [0.5, 0.6) is 11.5 Å². The molecule has 7 nitrogen and oxygen atoms in total. The summed E-state index contributed by atoms with van der Waals surface area (Å²) < 4.78 is 11.3. The lowest BCUT2D eigenvalue weighted by Crippen LogP contribution is -2.69. The molecule has 6 rings (SSSR count). The number of fused-ring (bicyclic) bond motifs is 2. The van der Waals surface area contributed by atoms with E-state index in [9.17, 15) is 15.0 Å². The standard InChI is InChI=1S/C25H32N2O5/c1-26-15-23-12-16-6-7-18(31-2)20(28)19(16)24(14-23)13-17(8-9-25(24,30)21(23)26)32-22(29)27-10-4-3-5-11-27/h6-8,21,28,30H,3-5,9-15H2,1-2H3. The highest BCUT2D eigenvalue weighted by Gasteiger charge is 2.77. The number of hydrogen-bond donors (Lipinski definition) is 2. The van der Waals surface area contributed by atoms with Gasteiger partial charge in [-0.3, -0.25) is 4.90 Å². The average Bonchev–Trinajstić information content (AvgIpc) is 2.90. The monoisotopic (exact) mass is 440 g/mol. The van der Waals surface area contributed by atoms with Gasteiger partial charge in [-0.25, -0.2) is 4.79 Å². The number of nitrogens with zero attached hydrogens (tertiary/aromatic N) is 2. The largest absolute Gasteiger partial charge is 0.504 e. The average molecular weight is 441 g/mol. The van der Waals surface area contributed by atoms with Crippen molar-refractivity contribution in [2.24, 2.45) is 5.41 Å². The second-order valence-electron chi connectivity index (χ2n) is 10.7. The minimum absolute atomic E-state index is 0.0162. The number of aliphatic hydroxyl groups is 1. The highest BCUT2D eigenvalue weighted by atomic mass is 16.6. The number of rotatable bonds is 2. The summed E-state index contributed by atoms with van der Waals surface area (Å²) in [5.74, 6) is 1.15. The van der Waals surface area contributed by atoms with E-state index in [1.807, 2.05) is 18.2 Å². The van der Waals surface area contributed by atoms with Crippen LogP contribution in [0.1, 0.15) is 49.7 Å². The number of carbonyl (C=O) groups excluding carboxylic acids is 1. The fraction of sp³-hybridized carbons (Fsp3) is 0.640. The summed E-state index contributed by atoms with van der Waals surface area (Å²) in [5, 5.41) is 23.5. The van der Waals surface area contributed by atoms with Crippen molar-refractivity contribution >= 4 is 6.09 Å². The zero-order chi connectivity index (χ0) is 22.3. The van der Waals surface area contributed by atoms with Crippen LogP contribution in [0, 0.1) is 5.41 Å². The van der Waals surface area contributed by atoms with E-state index < -0.39 is 11.0 Å². The third-order valence-electron chi connectivity index (χ3n) is 8.94. The Bertz CT molecular complexity index is 1020. The Morgan fingerprint density at radius 3 is 2.69 bits per heavy atom. The zero-order valence-electron chi connectivity index (χ0n) is 18.9. The molecule has 3 fully saturated rings. The number of benzene rings is 1. The van der Waals surface area contributed by atoms with E-state index in [4.69, 9.17) is 9.47 Å². The number of piperidine rings is 1. The fourth-order valence-electron chi connectivity index (χ4n) is 8.01. The molecule has 1 saturated carbocycles. The van der Waals surface area contributed by atoms with Crippen molar-refractivity contribution in [1.29, 1.82) is 0 Å². The van der Waals surface area contributed by atoms with Gasteiger partial charge in [-0.15, -0.1) is 0 Å². The molecule has 2 heterocycles. The third kappa shape index (κ3) is 2.41. The van der Waals surface area contributed by atoms with Crippen molar-refractivity contribution < 1.29 is 24.5 Å². The van der Waals surface area contributed by atoms with E-state index in [2.05, 4.69) is 11.9 Å². The van der Waals surface area contributed by atoms with E-state index in [-0.39, 0.29) is 23.3 Å². The first-order valence-electron chi connectivity index (χ1n) is 11.8. The number of allylic oxidation sites excluding steroid dienone is 1. The van der Waals surface area contributed by atoms with E-state index >= 15 is 0 Å². The first-order valence-corrected chi connectivity index (χ1v) is 11.8. The Morgan fingerprint density at radius 1 is 1.19 bits per heavy atom. The predicted molar refractivity (Wildman–Crippen MR) is 118 cm³/mol. The maximum Gasteiger partial charge on any atom is 0.414 e. The molecule has 1 aromatic rings. The van der Waals surface area contributed by atoms with E-state index in [0.29, 0.717) is 24.4 Å².